The minimum Gasteiger partial charge on any atom is -0.372 e. The second-order valence-electron chi connectivity index (χ2n) is 5.29. The molecule has 1 atom stereocenters. The largest absolute Gasteiger partial charge is 0.372 e. The lowest BCUT2D eigenvalue weighted by atomic mass is 9.94. The van der Waals surface area contributed by atoms with Crippen LogP contribution in [0.15, 0.2) is 30.3 Å². The molecule has 2 N–H and O–H groups in total. The Balaban J connectivity index is 2.37. The Morgan fingerprint density at radius 2 is 1.79 bits per heavy atom. The van der Waals surface area contributed by atoms with Gasteiger partial charge in [-0.2, -0.15) is 0 Å². The molecule has 1 rings (SSSR count). The average Bonchev–Trinajstić information content (AvgIpc) is 2.45. The molecule has 19 heavy (non-hydrogen) atoms. The molecule has 0 aliphatic heterocycles. The minimum atomic E-state index is 0.824. The molecule has 1 aromatic carbocycles. The molecule has 0 amide bonds. The fourth-order valence-corrected chi connectivity index (χ4v) is 2.76. The number of nitrogens with zero attached hydrogens (tertiary/aromatic N) is 1. The maximum Gasteiger partial charge on any atom is 0.0366 e. The first kappa shape index (κ1) is 16.0. The number of rotatable bonds is 10. The van der Waals surface area contributed by atoms with Gasteiger partial charge in [-0.25, -0.2) is 0 Å². The molecule has 0 saturated heterocycles. The Morgan fingerprint density at radius 3 is 2.37 bits per heavy atom. The molecule has 0 saturated carbocycles. The van der Waals surface area contributed by atoms with Crippen molar-refractivity contribution >= 4 is 5.69 Å². The first-order chi connectivity index (χ1) is 9.31. The second kappa shape index (κ2) is 9.85. The summed E-state index contributed by atoms with van der Waals surface area (Å²) in [6.45, 7) is 7.58. The first-order valence-electron chi connectivity index (χ1n) is 7.81. The number of hydrogen-bond acceptors (Lipinski definition) is 2. The van der Waals surface area contributed by atoms with Gasteiger partial charge in [-0.15, -0.1) is 0 Å². The molecule has 0 bridgehead atoms. The smallest absolute Gasteiger partial charge is 0.0366 e. The quantitative estimate of drug-likeness (QED) is 0.689. The van der Waals surface area contributed by atoms with Crippen LogP contribution in [0.3, 0.4) is 0 Å². The fraction of sp³-hybridized carbons (Fsp3) is 0.647. The summed E-state index contributed by atoms with van der Waals surface area (Å²) in [5.41, 5.74) is 7.04. The van der Waals surface area contributed by atoms with Crippen LogP contribution in [-0.2, 0) is 0 Å². The highest BCUT2D eigenvalue weighted by molar-refractivity contribution is 5.45. The van der Waals surface area contributed by atoms with Gasteiger partial charge in [0, 0.05) is 18.8 Å². The zero-order chi connectivity index (χ0) is 13.9. The lowest BCUT2D eigenvalue weighted by molar-refractivity contribution is 0.409. The molecule has 0 aliphatic rings. The normalized spacial score (nSPS) is 12.4. The van der Waals surface area contributed by atoms with Crippen molar-refractivity contribution in [1.29, 1.82) is 0 Å². The number of benzene rings is 1. The van der Waals surface area contributed by atoms with Crippen LogP contribution in [0, 0.1) is 5.92 Å². The molecular weight excluding hydrogens is 232 g/mol. The van der Waals surface area contributed by atoms with E-state index in [9.17, 15) is 0 Å². The van der Waals surface area contributed by atoms with E-state index < -0.39 is 0 Å². The molecule has 2 nitrogen and oxygen atoms in total. The van der Waals surface area contributed by atoms with Gasteiger partial charge in [-0.3, -0.25) is 0 Å². The number of nitrogens with two attached hydrogens (primary N) is 1. The summed E-state index contributed by atoms with van der Waals surface area (Å²) < 4.78 is 0. The maximum absolute atomic E-state index is 5.70. The summed E-state index contributed by atoms with van der Waals surface area (Å²) in [4.78, 5) is 2.46. The summed E-state index contributed by atoms with van der Waals surface area (Å²) in [5, 5.41) is 0. The van der Waals surface area contributed by atoms with Crippen LogP contribution < -0.4 is 10.6 Å². The van der Waals surface area contributed by atoms with Gasteiger partial charge in [-0.05, 0) is 50.8 Å². The van der Waals surface area contributed by atoms with Crippen LogP contribution in [0.1, 0.15) is 46.0 Å². The van der Waals surface area contributed by atoms with E-state index in [0.717, 1.165) is 25.6 Å². The zero-order valence-electron chi connectivity index (χ0n) is 12.6. The van der Waals surface area contributed by atoms with Crippen molar-refractivity contribution in [3.63, 3.8) is 0 Å². The van der Waals surface area contributed by atoms with Crippen molar-refractivity contribution in [3.8, 4) is 0 Å². The Bertz CT molecular complexity index is 304. The Hall–Kier alpha value is -1.02. The second-order valence-corrected chi connectivity index (χ2v) is 5.29. The zero-order valence-corrected chi connectivity index (χ0v) is 12.6. The molecule has 108 valence electrons. The third-order valence-electron chi connectivity index (χ3n) is 3.82. The predicted molar refractivity (Wildman–Crippen MR) is 85.6 cm³/mol. The van der Waals surface area contributed by atoms with E-state index in [1.54, 1.807) is 0 Å². The molecule has 1 aromatic rings. The van der Waals surface area contributed by atoms with Crippen molar-refractivity contribution in [3.05, 3.63) is 30.3 Å². The monoisotopic (exact) mass is 262 g/mol. The van der Waals surface area contributed by atoms with Gasteiger partial charge >= 0.3 is 0 Å². The van der Waals surface area contributed by atoms with Crippen molar-refractivity contribution in [2.24, 2.45) is 11.7 Å². The molecule has 0 aromatic heterocycles. The molecular formula is C17H30N2. The summed E-state index contributed by atoms with van der Waals surface area (Å²) in [5.74, 6) is 0.824. The standard InChI is InChI=1S/C17H30N2/c1-3-9-16(13-14-18)10-8-15-19(4-2)17-11-6-5-7-12-17/h5-7,11-12,16H,3-4,8-10,13-15,18H2,1-2H3. The third-order valence-corrected chi connectivity index (χ3v) is 3.82. The SMILES string of the molecule is CCCC(CCN)CCCN(CC)c1ccccc1. The number of para-hydroxylation sites is 1. The fourth-order valence-electron chi connectivity index (χ4n) is 2.76. The number of hydrogen-bond donors (Lipinski definition) is 1. The third kappa shape index (κ3) is 6.11. The van der Waals surface area contributed by atoms with Crippen LogP contribution in [0.4, 0.5) is 5.69 Å². The highest BCUT2D eigenvalue weighted by Gasteiger charge is 2.08. The molecule has 2 heteroatoms. The van der Waals surface area contributed by atoms with Gasteiger partial charge < -0.3 is 10.6 Å². The van der Waals surface area contributed by atoms with Crippen molar-refractivity contribution < 1.29 is 0 Å². The van der Waals surface area contributed by atoms with E-state index in [1.165, 1.54) is 37.8 Å². The summed E-state index contributed by atoms with van der Waals surface area (Å²) in [6, 6.07) is 10.7. The van der Waals surface area contributed by atoms with Gasteiger partial charge in [0.25, 0.3) is 0 Å². The molecule has 1 unspecified atom stereocenters. The van der Waals surface area contributed by atoms with E-state index >= 15 is 0 Å². The first-order valence-corrected chi connectivity index (χ1v) is 7.81. The Kier molecular flexibility index (Phi) is 8.31. The lowest BCUT2D eigenvalue weighted by Crippen LogP contribution is -2.24. The molecule has 0 radical (unpaired) electrons. The summed E-state index contributed by atoms with van der Waals surface area (Å²) in [6.07, 6.45) is 6.38. The van der Waals surface area contributed by atoms with Crippen LogP contribution in [0.25, 0.3) is 0 Å². The van der Waals surface area contributed by atoms with E-state index in [1.807, 2.05) is 0 Å². The van der Waals surface area contributed by atoms with Crippen LogP contribution in [-0.4, -0.2) is 19.6 Å². The molecule has 0 fully saturated rings. The van der Waals surface area contributed by atoms with Crippen LogP contribution in [0.2, 0.25) is 0 Å². The topological polar surface area (TPSA) is 29.3 Å². The highest BCUT2D eigenvalue weighted by atomic mass is 15.1. The molecule has 0 aliphatic carbocycles. The van der Waals surface area contributed by atoms with E-state index in [-0.39, 0.29) is 0 Å². The van der Waals surface area contributed by atoms with Crippen molar-refractivity contribution in [1.82, 2.24) is 0 Å². The van der Waals surface area contributed by atoms with E-state index in [2.05, 4.69) is 49.1 Å². The average molecular weight is 262 g/mol. The van der Waals surface area contributed by atoms with Crippen LogP contribution in [0.5, 0.6) is 0 Å². The lowest BCUT2D eigenvalue weighted by Gasteiger charge is -2.24. The van der Waals surface area contributed by atoms with Gasteiger partial charge in [0.05, 0.1) is 0 Å². The van der Waals surface area contributed by atoms with E-state index in [0.29, 0.717) is 0 Å². The molecule has 0 spiro atoms. The minimum absolute atomic E-state index is 0.824. The van der Waals surface area contributed by atoms with Gasteiger partial charge in [0.1, 0.15) is 0 Å². The Morgan fingerprint density at radius 1 is 1.05 bits per heavy atom. The van der Waals surface area contributed by atoms with E-state index in [4.69, 9.17) is 5.73 Å². The van der Waals surface area contributed by atoms with Gasteiger partial charge in [-0.1, -0.05) is 38.0 Å². The van der Waals surface area contributed by atoms with Gasteiger partial charge in [0.15, 0.2) is 0 Å². The van der Waals surface area contributed by atoms with Crippen molar-refractivity contribution in [2.45, 2.75) is 46.0 Å². The summed E-state index contributed by atoms with van der Waals surface area (Å²) >= 11 is 0. The van der Waals surface area contributed by atoms with Gasteiger partial charge in [0.2, 0.25) is 0 Å². The predicted octanol–water partition coefficient (Wildman–Crippen LogP) is 4.06. The van der Waals surface area contributed by atoms with Crippen LogP contribution >= 0.6 is 0 Å². The van der Waals surface area contributed by atoms with Crippen molar-refractivity contribution in [2.75, 3.05) is 24.5 Å². The Labute approximate surface area is 119 Å². The highest BCUT2D eigenvalue weighted by Crippen LogP contribution is 2.19. The number of anilines is 1. The maximum atomic E-state index is 5.70. The summed E-state index contributed by atoms with van der Waals surface area (Å²) in [7, 11) is 0. The molecule has 0 heterocycles.